The van der Waals surface area contributed by atoms with Gasteiger partial charge < -0.3 is 5.32 Å². The Labute approximate surface area is 149 Å². The highest BCUT2D eigenvalue weighted by molar-refractivity contribution is 7.89. The quantitative estimate of drug-likeness (QED) is 0.801. The summed E-state index contributed by atoms with van der Waals surface area (Å²) in [6.45, 7) is 1.29. The van der Waals surface area contributed by atoms with Gasteiger partial charge in [0.1, 0.15) is 0 Å². The molecule has 0 saturated carbocycles. The number of hydrogen-bond acceptors (Lipinski definition) is 3. The van der Waals surface area contributed by atoms with Crippen molar-refractivity contribution in [2.24, 2.45) is 0 Å². The van der Waals surface area contributed by atoms with Crippen LogP contribution in [0.5, 0.6) is 0 Å². The Morgan fingerprint density at radius 3 is 2.31 bits per heavy atom. The topological polar surface area (TPSA) is 75.3 Å². The second-order valence-corrected chi connectivity index (χ2v) is 7.32. The molecule has 0 aliphatic heterocycles. The van der Waals surface area contributed by atoms with Gasteiger partial charge in [0.15, 0.2) is 0 Å². The van der Waals surface area contributed by atoms with Gasteiger partial charge in [0, 0.05) is 19.2 Å². The van der Waals surface area contributed by atoms with Gasteiger partial charge in [-0.05, 0) is 42.3 Å². The molecule has 0 aliphatic carbocycles. The summed E-state index contributed by atoms with van der Waals surface area (Å²) in [5.74, 6) is -0.278. The van der Waals surface area contributed by atoms with Crippen LogP contribution in [0.1, 0.15) is 18.1 Å². The standard InChI is InChI=1S/C17H17F3N2O3S/c1-12(23)22-15-5-7-16(8-6-15)26(24,25)21-10-9-13-3-2-4-14(11-13)17(18,19)20/h2-8,11,21H,9-10H2,1H3,(H,22,23). The van der Waals surface area contributed by atoms with E-state index in [-0.39, 0.29) is 23.8 Å². The first-order valence-corrected chi connectivity index (χ1v) is 9.10. The van der Waals surface area contributed by atoms with E-state index in [1.807, 2.05) is 0 Å². The molecule has 0 aliphatic rings. The first-order chi connectivity index (χ1) is 12.1. The van der Waals surface area contributed by atoms with Crippen molar-refractivity contribution in [2.45, 2.75) is 24.4 Å². The molecule has 2 aromatic carbocycles. The fourth-order valence-corrected chi connectivity index (χ4v) is 3.27. The average molecular weight is 386 g/mol. The number of halogens is 3. The minimum atomic E-state index is -4.44. The molecule has 0 saturated heterocycles. The number of carbonyl (C=O) groups excluding carboxylic acids is 1. The number of anilines is 1. The van der Waals surface area contributed by atoms with Gasteiger partial charge in [0.25, 0.3) is 0 Å². The van der Waals surface area contributed by atoms with Crippen LogP contribution < -0.4 is 10.0 Å². The second kappa shape index (κ2) is 7.88. The van der Waals surface area contributed by atoms with Crippen LogP contribution in [0.4, 0.5) is 18.9 Å². The Morgan fingerprint density at radius 1 is 1.08 bits per heavy atom. The van der Waals surface area contributed by atoms with Crippen LogP contribution in [-0.4, -0.2) is 20.9 Å². The first-order valence-electron chi connectivity index (χ1n) is 7.61. The minimum absolute atomic E-state index is 0.00403. The Kier molecular flexibility index (Phi) is 6.04. The van der Waals surface area contributed by atoms with Crippen molar-refractivity contribution in [1.82, 2.24) is 4.72 Å². The maximum Gasteiger partial charge on any atom is 0.416 e. The molecule has 2 N–H and O–H groups in total. The van der Waals surface area contributed by atoms with E-state index in [1.54, 1.807) is 0 Å². The normalized spacial score (nSPS) is 12.0. The lowest BCUT2D eigenvalue weighted by Gasteiger charge is -2.10. The maximum atomic E-state index is 12.7. The number of carbonyl (C=O) groups is 1. The van der Waals surface area contributed by atoms with E-state index in [2.05, 4.69) is 10.0 Å². The SMILES string of the molecule is CC(=O)Nc1ccc(S(=O)(=O)NCCc2cccc(C(F)(F)F)c2)cc1. The third-order valence-electron chi connectivity index (χ3n) is 3.45. The zero-order chi connectivity index (χ0) is 19.4. The van der Waals surface area contributed by atoms with Crippen molar-refractivity contribution in [3.05, 3.63) is 59.7 Å². The lowest BCUT2D eigenvalue weighted by molar-refractivity contribution is -0.137. The zero-order valence-corrected chi connectivity index (χ0v) is 14.6. The molecule has 0 atom stereocenters. The van der Waals surface area contributed by atoms with Crippen molar-refractivity contribution in [3.63, 3.8) is 0 Å². The third kappa shape index (κ3) is 5.57. The van der Waals surface area contributed by atoms with Gasteiger partial charge in [-0.1, -0.05) is 18.2 Å². The number of benzene rings is 2. The maximum absolute atomic E-state index is 12.7. The van der Waals surface area contributed by atoms with E-state index in [0.29, 0.717) is 11.3 Å². The highest BCUT2D eigenvalue weighted by Gasteiger charge is 2.30. The van der Waals surface area contributed by atoms with Crippen LogP contribution in [0.15, 0.2) is 53.4 Å². The summed E-state index contributed by atoms with van der Waals surface area (Å²) >= 11 is 0. The number of alkyl halides is 3. The Balaban J connectivity index is 1.99. The van der Waals surface area contributed by atoms with Gasteiger partial charge in [0.05, 0.1) is 10.5 Å². The van der Waals surface area contributed by atoms with Crippen LogP contribution in [0.3, 0.4) is 0 Å². The van der Waals surface area contributed by atoms with Crippen LogP contribution in [-0.2, 0) is 27.4 Å². The van der Waals surface area contributed by atoms with Gasteiger partial charge in [-0.3, -0.25) is 4.79 Å². The first kappa shape index (κ1) is 19.9. The molecule has 9 heteroatoms. The Morgan fingerprint density at radius 2 is 1.73 bits per heavy atom. The predicted octanol–water partition coefficient (Wildman–Crippen LogP) is 3.18. The minimum Gasteiger partial charge on any atom is -0.326 e. The van der Waals surface area contributed by atoms with E-state index >= 15 is 0 Å². The van der Waals surface area contributed by atoms with E-state index in [9.17, 15) is 26.4 Å². The van der Waals surface area contributed by atoms with Crippen molar-refractivity contribution < 1.29 is 26.4 Å². The average Bonchev–Trinajstić information content (AvgIpc) is 2.54. The summed E-state index contributed by atoms with van der Waals surface area (Å²) in [4.78, 5) is 10.9. The monoisotopic (exact) mass is 386 g/mol. The largest absolute Gasteiger partial charge is 0.416 e. The summed E-state index contributed by atoms with van der Waals surface area (Å²) in [7, 11) is -3.80. The number of hydrogen-bond donors (Lipinski definition) is 2. The summed E-state index contributed by atoms with van der Waals surface area (Å²) in [6, 6.07) is 10.3. The van der Waals surface area contributed by atoms with E-state index in [1.165, 1.54) is 43.3 Å². The fraction of sp³-hybridized carbons (Fsp3) is 0.235. The van der Waals surface area contributed by atoms with Gasteiger partial charge in [-0.25, -0.2) is 13.1 Å². The summed E-state index contributed by atoms with van der Waals surface area (Å²) in [5, 5.41) is 2.52. The number of nitrogens with one attached hydrogen (secondary N) is 2. The van der Waals surface area contributed by atoms with Crippen molar-refractivity contribution in [3.8, 4) is 0 Å². The fourth-order valence-electron chi connectivity index (χ4n) is 2.24. The zero-order valence-electron chi connectivity index (χ0n) is 13.8. The van der Waals surface area contributed by atoms with Crippen molar-refractivity contribution >= 4 is 21.6 Å². The molecule has 0 bridgehead atoms. The van der Waals surface area contributed by atoms with E-state index in [4.69, 9.17) is 0 Å². The molecule has 5 nitrogen and oxygen atoms in total. The van der Waals surface area contributed by atoms with Crippen LogP contribution in [0.2, 0.25) is 0 Å². The second-order valence-electron chi connectivity index (χ2n) is 5.55. The lowest BCUT2D eigenvalue weighted by Crippen LogP contribution is -2.26. The van der Waals surface area contributed by atoms with Crippen LogP contribution in [0.25, 0.3) is 0 Å². The summed E-state index contributed by atoms with van der Waals surface area (Å²) in [5.41, 5.74) is 0.0652. The smallest absolute Gasteiger partial charge is 0.326 e. The molecule has 2 aromatic rings. The highest BCUT2D eigenvalue weighted by atomic mass is 32.2. The molecule has 0 fully saturated rings. The molecular formula is C17H17F3N2O3S. The predicted molar refractivity (Wildman–Crippen MR) is 91.1 cm³/mol. The highest BCUT2D eigenvalue weighted by Crippen LogP contribution is 2.29. The van der Waals surface area contributed by atoms with Crippen LogP contribution >= 0.6 is 0 Å². The van der Waals surface area contributed by atoms with Gasteiger partial charge in [0.2, 0.25) is 15.9 Å². The Hall–Kier alpha value is -2.39. The molecule has 0 radical (unpaired) electrons. The molecule has 1 amide bonds. The molecule has 0 aromatic heterocycles. The molecular weight excluding hydrogens is 369 g/mol. The van der Waals surface area contributed by atoms with Crippen molar-refractivity contribution in [1.29, 1.82) is 0 Å². The molecule has 26 heavy (non-hydrogen) atoms. The molecule has 0 heterocycles. The number of sulfonamides is 1. The lowest BCUT2D eigenvalue weighted by atomic mass is 10.1. The number of amides is 1. The molecule has 0 unspecified atom stereocenters. The molecule has 0 spiro atoms. The van der Waals surface area contributed by atoms with Crippen molar-refractivity contribution in [2.75, 3.05) is 11.9 Å². The summed E-state index contributed by atoms with van der Waals surface area (Å²) in [6.07, 6.45) is -4.32. The van der Waals surface area contributed by atoms with Gasteiger partial charge in [-0.2, -0.15) is 13.2 Å². The molecule has 140 valence electrons. The Bertz CT molecular complexity index is 879. The third-order valence-corrected chi connectivity index (χ3v) is 4.92. The van der Waals surface area contributed by atoms with Gasteiger partial charge in [-0.15, -0.1) is 0 Å². The molecule has 2 rings (SSSR count). The summed E-state index contributed by atoms with van der Waals surface area (Å²) < 4.78 is 64.8. The van der Waals surface area contributed by atoms with Gasteiger partial charge >= 0.3 is 6.18 Å². The number of rotatable bonds is 6. The van der Waals surface area contributed by atoms with E-state index in [0.717, 1.165) is 12.1 Å². The van der Waals surface area contributed by atoms with Crippen LogP contribution in [0, 0.1) is 0 Å². The van der Waals surface area contributed by atoms with E-state index < -0.39 is 21.8 Å².